The lowest BCUT2D eigenvalue weighted by Gasteiger charge is -2.20. The molecule has 3 atom stereocenters. The first-order chi connectivity index (χ1) is 8.63. The van der Waals surface area contributed by atoms with Crippen LogP contribution in [0.1, 0.15) is 59.8 Å². The van der Waals surface area contributed by atoms with Gasteiger partial charge in [-0.2, -0.15) is 0 Å². The highest BCUT2D eigenvalue weighted by molar-refractivity contribution is 4.59. The Bertz CT molecular complexity index is 173. The van der Waals surface area contributed by atoms with Crippen LogP contribution in [0.5, 0.6) is 0 Å². The van der Waals surface area contributed by atoms with E-state index in [2.05, 4.69) is 27.7 Å². The molecule has 0 aromatic carbocycles. The van der Waals surface area contributed by atoms with Crippen LogP contribution < -0.4 is 0 Å². The highest BCUT2D eigenvalue weighted by Gasteiger charge is 2.10. The van der Waals surface area contributed by atoms with Crippen LogP contribution in [0.15, 0.2) is 0 Å². The Kier molecular flexibility index (Phi) is 11.9. The first-order valence-electron chi connectivity index (χ1n) is 7.48. The summed E-state index contributed by atoms with van der Waals surface area (Å²) in [6, 6.07) is 0. The van der Waals surface area contributed by atoms with Crippen LogP contribution in [-0.4, -0.2) is 37.1 Å². The lowest BCUT2D eigenvalue weighted by atomic mass is 10.1. The fourth-order valence-corrected chi connectivity index (χ4v) is 1.78. The molecule has 110 valence electrons. The molecule has 0 heterocycles. The molecule has 0 spiro atoms. The fraction of sp³-hybridized carbons (Fsp3) is 1.00. The van der Waals surface area contributed by atoms with Gasteiger partial charge in [-0.15, -0.1) is 0 Å². The van der Waals surface area contributed by atoms with Crippen molar-refractivity contribution in [3.8, 4) is 0 Å². The highest BCUT2D eigenvalue weighted by Crippen LogP contribution is 2.11. The quantitative estimate of drug-likeness (QED) is 0.547. The first kappa shape index (κ1) is 17.9. The summed E-state index contributed by atoms with van der Waals surface area (Å²) in [6.07, 6.45) is 5.43. The van der Waals surface area contributed by atoms with E-state index in [1.165, 1.54) is 6.42 Å². The third-order valence-corrected chi connectivity index (χ3v) is 3.33. The molecular formula is C15H32O3. The van der Waals surface area contributed by atoms with Crippen LogP contribution in [0, 0.1) is 5.92 Å². The first-order valence-corrected chi connectivity index (χ1v) is 7.48. The van der Waals surface area contributed by atoms with Gasteiger partial charge in [0, 0.05) is 19.8 Å². The molecule has 3 nitrogen and oxygen atoms in total. The predicted octanol–water partition coefficient (Wildman–Crippen LogP) is 3.40. The topological polar surface area (TPSA) is 38.7 Å². The molecule has 1 N–H and O–H groups in total. The minimum absolute atomic E-state index is 0.200. The number of hydrogen-bond donors (Lipinski definition) is 1. The van der Waals surface area contributed by atoms with E-state index >= 15 is 0 Å². The van der Waals surface area contributed by atoms with Gasteiger partial charge in [-0.25, -0.2) is 0 Å². The maximum Gasteiger partial charge on any atom is 0.0598 e. The Labute approximate surface area is 113 Å². The van der Waals surface area contributed by atoms with Crippen molar-refractivity contribution in [1.82, 2.24) is 0 Å². The molecule has 0 aliphatic carbocycles. The Balaban J connectivity index is 3.49. The summed E-state index contributed by atoms with van der Waals surface area (Å²) in [7, 11) is 0. The van der Waals surface area contributed by atoms with Crippen LogP contribution in [0.3, 0.4) is 0 Å². The summed E-state index contributed by atoms with van der Waals surface area (Å²) < 4.78 is 11.5. The Morgan fingerprint density at radius 1 is 1.06 bits per heavy atom. The molecule has 0 aliphatic rings. The van der Waals surface area contributed by atoms with Gasteiger partial charge in [-0.3, -0.25) is 0 Å². The molecule has 0 amide bonds. The van der Waals surface area contributed by atoms with Gasteiger partial charge in [0.1, 0.15) is 0 Å². The Morgan fingerprint density at radius 3 is 2.33 bits per heavy atom. The molecule has 0 aromatic rings. The van der Waals surface area contributed by atoms with Gasteiger partial charge in [-0.05, 0) is 38.5 Å². The zero-order valence-electron chi connectivity index (χ0n) is 12.7. The van der Waals surface area contributed by atoms with E-state index in [9.17, 15) is 0 Å². The largest absolute Gasteiger partial charge is 0.396 e. The molecule has 0 radical (unpaired) electrons. The van der Waals surface area contributed by atoms with Gasteiger partial charge in [0.05, 0.1) is 12.2 Å². The van der Waals surface area contributed by atoms with Crippen molar-refractivity contribution in [3.63, 3.8) is 0 Å². The van der Waals surface area contributed by atoms with E-state index in [0.29, 0.717) is 5.92 Å². The normalized spacial score (nSPS) is 16.5. The van der Waals surface area contributed by atoms with Gasteiger partial charge in [0.2, 0.25) is 0 Å². The number of hydrogen-bond acceptors (Lipinski definition) is 3. The number of ether oxygens (including phenoxy) is 2. The molecule has 0 aromatic heterocycles. The van der Waals surface area contributed by atoms with Crippen molar-refractivity contribution in [1.29, 1.82) is 0 Å². The second-order valence-corrected chi connectivity index (χ2v) is 5.22. The number of rotatable bonds is 12. The average Bonchev–Trinajstić information content (AvgIpc) is 2.37. The summed E-state index contributed by atoms with van der Waals surface area (Å²) in [4.78, 5) is 0. The highest BCUT2D eigenvalue weighted by atomic mass is 16.5. The lowest BCUT2D eigenvalue weighted by Crippen LogP contribution is -2.21. The van der Waals surface area contributed by atoms with E-state index in [1.54, 1.807) is 0 Å². The van der Waals surface area contributed by atoms with Crippen LogP contribution >= 0.6 is 0 Å². The van der Waals surface area contributed by atoms with Crippen LogP contribution in [0.2, 0.25) is 0 Å². The molecule has 0 rings (SSSR count). The van der Waals surface area contributed by atoms with Gasteiger partial charge >= 0.3 is 0 Å². The summed E-state index contributed by atoms with van der Waals surface area (Å²) in [5.74, 6) is 0.660. The summed E-state index contributed by atoms with van der Waals surface area (Å²) >= 11 is 0. The van der Waals surface area contributed by atoms with Crippen molar-refractivity contribution < 1.29 is 14.6 Å². The smallest absolute Gasteiger partial charge is 0.0598 e. The summed E-state index contributed by atoms with van der Waals surface area (Å²) in [5, 5.41) is 8.90. The molecule has 3 unspecified atom stereocenters. The maximum absolute atomic E-state index is 8.90. The number of aliphatic hydroxyl groups is 1. The molecule has 0 bridgehead atoms. The van der Waals surface area contributed by atoms with E-state index in [-0.39, 0.29) is 18.8 Å². The standard InChI is InChI=1S/C15H32O3/c1-5-13(3)12-17-11-7-8-14(4)18-15(6-2)9-10-16/h13-16H,5-12H2,1-4H3. The average molecular weight is 260 g/mol. The third-order valence-electron chi connectivity index (χ3n) is 3.33. The van der Waals surface area contributed by atoms with Crippen LogP contribution in [0.4, 0.5) is 0 Å². The van der Waals surface area contributed by atoms with Gasteiger partial charge in [-0.1, -0.05) is 27.2 Å². The summed E-state index contributed by atoms with van der Waals surface area (Å²) in [5.41, 5.74) is 0. The number of aliphatic hydroxyl groups excluding tert-OH is 1. The molecule has 18 heavy (non-hydrogen) atoms. The third kappa shape index (κ3) is 9.86. The van der Waals surface area contributed by atoms with Gasteiger partial charge in [0.15, 0.2) is 0 Å². The second-order valence-electron chi connectivity index (χ2n) is 5.22. The predicted molar refractivity (Wildman–Crippen MR) is 75.8 cm³/mol. The second kappa shape index (κ2) is 11.9. The zero-order chi connectivity index (χ0) is 13.8. The Hall–Kier alpha value is -0.120. The van der Waals surface area contributed by atoms with Gasteiger partial charge in [0.25, 0.3) is 0 Å². The fourth-order valence-electron chi connectivity index (χ4n) is 1.78. The molecule has 0 fully saturated rings. The van der Waals surface area contributed by atoms with E-state index in [1.807, 2.05) is 0 Å². The molecule has 0 saturated carbocycles. The summed E-state index contributed by atoms with van der Waals surface area (Å²) in [6.45, 7) is 10.5. The van der Waals surface area contributed by atoms with E-state index in [0.717, 1.165) is 38.9 Å². The van der Waals surface area contributed by atoms with Crippen molar-refractivity contribution in [2.75, 3.05) is 19.8 Å². The van der Waals surface area contributed by atoms with Crippen LogP contribution in [0.25, 0.3) is 0 Å². The minimum atomic E-state index is 0.200. The SMILES string of the molecule is CCC(C)COCCCC(C)OC(CC)CCO. The van der Waals surface area contributed by atoms with Crippen molar-refractivity contribution in [2.24, 2.45) is 5.92 Å². The lowest BCUT2D eigenvalue weighted by molar-refractivity contribution is -0.0236. The van der Waals surface area contributed by atoms with E-state index in [4.69, 9.17) is 14.6 Å². The monoisotopic (exact) mass is 260 g/mol. The van der Waals surface area contributed by atoms with Crippen LogP contribution in [-0.2, 0) is 9.47 Å². The molecule has 0 aliphatic heterocycles. The minimum Gasteiger partial charge on any atom is -0.396 e. The maximum atomic E-state index is 8.90. The van der Waals surface area contributed by atoms with E-state index < -0.39 is 0 Å². The molecular weight excluding hydrogens is 228 g/mol. The Morgan fingerprint density at radius 2 is 1.78 bits per heavy atom. The zero-order valence-corrected chi connectivity index (χ0v) is 12.7. The van der Waals surface area contributed by atoms with Crippen molar-refractivity contribution in [2.45, 2.75) is 72.0 Å². The van der Waals surface area contributed by atoms with Crippen molar-refractivity contribution in [3.05, 3.63) is 0 Å². The molecule has 0 saturated heterocycles. The van der Waals surface area contributed by atoms with Gasteiger partial charge < -0.3 is 14.6 Å². The van der Waals surface area contributed by atoms with Crippen molar-refractivity contribution >= 4 is 0 Å². The molecule has 3 heteroatoms.